The summed E-state index contributed by atoms with van der Waals surface area (Å²) in [5.41, 5.74) is 4.80. The van der Waals surface area contributed by atoms with Crippen LogP contribution in [-0.4, -0.2) is 56.9 Å². The zero-order valence-corrected chi connectivity index (χ0v) is 20.2. The zero-order chi connectivity index (χ0) is 22.9. The molecule has 0 saturated carbocycles. The lowest BCUT2D eigenvalue weighted by Crippen LogP contribution is -2.49. The van der Waals surface area contributed by atoms with E-state index in [9.17, 15) is 10.0 Å². The van der Waals surface area contributed by atoms with E-state index in [1.54, 1.807) is 17.0 Å². The number of fused-ring (bicyclic) bond motifs is 2. The van der Waals surface area contributed by atoms with Crippen molar-refractivity contribution in [2.45, 2.75) is 18.9 Å². The molecule has 2 amide bonds. The minimum absolute atomic E-state index is 0.0196. The van der Waals surface area contributed by atoms with Crippen LogP contribution < -0.4 is 5.36 Å². The van der Waals surface area contributed by atoms with Gasteiger partial charge in [0.25, 0.3) is 0 Å². The Morgan fingerprint density at radius 1 is 1.06 bits per heavy atom. The van der Waals surface area contributed by atoms with Crippen molar-refractivity contribution in [2.75, 3.05) is 26.2 Å². The first kappa shape index (κ1) is 22.1. The van der Waals surface area contributed by atoms with Gasteiger partial charge in [-0.2, -0.15) is 4.99 Å². The third-order valence-electron chi connectivity index (χ3n) is 6.26. The Labute approximate surface area is 205 Å². The topological polar surface area (TPSA) is 74.0 Å². The van der Waals surface area contributed by atoms with Gasteiger partial charge in [0.05, 0.1) is 17.1 Å². The number of carbonyl (C=O) groups is 1. The molecule has 1 aromatic carbocycles. The average molecular weight is 529 g/mol. The molecule has 5 rings (SSSR count). The second-order valence-corrected chi connectivity index (χ2v) is 9.65. The van der Waals surface area contributed by atoms with Crippen LogP contribution in [0.4, 0.5) is 4.79 Å². The molecule has 1 unspecified atom stereocenters. The number of hydrogen-bond donors (Lipinski definition) is 1. The first-order valence-corrected chi connectivity index (χ1v) is 12.0. The Morgan fingerprint density at radius 2 is 1.79 bits per heavy atom. The van der Waals surface area contributed by atoms with Crippen LogP contribution in [0.15, 0.2) is 64.5 Å². The minimum atomic E-state index is -0.263. The maximum atomic E-state index is 12.7. The molecule has 7 nitrogen and oxygen atoms in total. The summed E-state index contributed by atoms with van der Waals surface area (Å²) in [4.78, 5) is 25.9. The number of amides is 2. The number of carbonyl (C=O) groups excluding carboxylic acids is 1. The first-order valence-electron chi connectivity index (χ1n) is 10.9. The van der Waals surface area contributed by atoms with Gasteiger partial charge in [0.15, 0.2) is 0 Å². The fraction of sp³-hybridized carbons (Fsp3) is 0.292. The fourth-order valence-corrected chi connectivity index (χ4v) is 5.19. The third-order valence-corrected chi connectivity index (χ3v) is 6.93. The first-order chi connectivity index (χ1) is 16.0. The van der Waals surface area contributed by atoms with Gasteiger partial charge in [0, 0.05) is 54.3 Å². The number of rotatable bonds is 1. The second kappa shape index (κ2) is 9.29. The Balaban J connectivity index is 1.40. The molecule has 3 heterocycles. The molecule has 170 valence electrons. The van der Waals surface area contributed by atoms with Crippen LogP contribution in [-0.2, 0) is 12.8 Å². The number of nitrogens with zero attached hydrogens (tertiary/aromatic N) is 5. The van der Waals surface area contributed by atoms with Crippen molar-refractivity contribution in [3.8, 4) is 0 Å². The number of aryl methyl sites for hydroxylation is 2. The Kier molecular flexibility index (Phi) is 6.23. The van der Waals surface area contributed by atoms with Crippen LogP contribution in [0.2, 0.25) is 5.02 Å². The largest absolute Gasteiger partial charge is 0.429 e. The van der Waals surface area contributed by atoms with Crippen LogP contribution in [0.5, 0.6) is 0 Å². The number of urea groups is 1. The Morgan fingerprint density at radius 3 is 2.55 bits per heavy atom. The summed E-state index contributed by atoms with van der Waals surface area (Å²) < 4.78 is 1.90. The summed E-state index contributed by atoms with van der Waals surface area (Å²) in [6.07, 6.45) is 6.58. The van der Waals surface area contributed by atoms with Crippen molar-refractivity contribution in [2.24, 2.45) is 4.99 Å². The third kappa shape index (κ3) is 4.69. The van der Waals surface area contributed by atoms with E-state index in [1.165, 1.54) is 29.1 Å². The molecule has 2 aromatic heterocycles. The SMILES string of the molecule is O=C(N=c1ccn(O)cc1)N1CCN(C2c3ccc(Cl)cc3CCc3cc(Br)cnc32)CC1. The van der Waals surface area contributed by atoms with Crippen molar-refractivity contribution >= 4 is 33.6 Å². The van der Waals surface area contributed by atoms with Gasteiger partial charge in [-0.15, -0.1) is 0 Å². The van der Waals surface area contributed by atoms with Crippen molar-refractivity contribution in [1.29, 1.82) is 0 Å². The molecular weight excluding hydrogens is 506 g/mol. The normalized spacial score (nSPS) is 18.2. The van der Waals surface area contributed by atoms with Gasteiger partial charge in [-0.25, -0.2) is 9.52 Å². The highest BCUT2D eigenvalue weighted by Crippen LogP contribution is 2.37. The summed E-state index contributed by atoms with van der Waals surface area (Å²) in [7, 11) is 0. The number of piperazine rings is 1. The van der Waals surface area contributed by atoms with Crippen molar-refractivity contribution in [1.82, 2.24) is 19.5 Å². The molecule has 1 fully saturated rings. The highest BCUT2D eigenvalue weighted by Gasteiger charge is 2.33. The lowest BCUT2D eigenvalue weighted by Gasteiger charge is -2.39. The molecule has 1 saturated heterocycles. The van der Waals surface area contributed by atoms with Gasteiger partial charge in [-0.1, -0.05) is 17.7 Å². The monoisotopic (exact) mass is 527 g/mol. The summed E-state index contributed by atoms with van der Waals surface area (Å²) in [6, 6.07) is 11.3. The van der Waals surface area contributed by atoms with E-state index >= 15 is 0 Å². The molecule has 0 radical (unpaired) electrons. The van der Waals surface area contributed by atoms with E-state index in [4.69, 9.17) is 16.6 Å². The molecule has 1 N–H and O–H groups in total. The van der Waals surface area contributed by atoms with Gasteiger partial charge in [0.2, 0.25) is 0 Å². The van der Waals surface area contributed by atoms with Crippen molar-refractivity contribution in [3.05, 3.63) is 92.2 Å². The lowest BCUT2D eigenvalue weighted by molar-refractivity contribution is 0.123. The average Bonchev–Trinajstić information content (AvgIpc) is 2.97. The van der Waals surface area contributed by atoms with Gasteiger partial charge < -0.3 is 10.1 Å². The molecule has 1 aliphatic carbocycles. The Bertz CT molecular complexity index is 1200. The number of aromatic nitrogens is 2. The summed E-state index contributed by atoms with van der Waals surface area (Å²) in [5.74, 6) is 0. The summed E-state index contributed by atoms with van der Waals surface area (Å²) in [5, 5.41) is 10.6. The number of pyridine rings is 2. The van der Waals surface area contributed by atoms with E-state index in [-0.39, 0.29) is 12.1 Å². The van der Waals surface area contributed by atoms with Crippen LogP contribution in [0.25, 0.3) is 0 Å². The van der Waals surface area contributed by atoms with E-state index in [0.717, 1.165) is 45.9 Å². The highest BCUT2D eigenvalue weighted by molar-refractivity contribution is 9.10. The van der Waals surface area contributed by atoms with E-state index in [2.05, 4.69) is 44.0 Å². The van der Waals surface area contributed by atoms with Crippen molar-refractivity contribution in [3.63, 3.8) is 0 Å². The molecule has 9 heteroatoms. The predicted molar refractivity (Wildman–Crippen MR) is 128 cm³/mol. The Hall–Kier alpha value is -2.68. The molecular formula is C24H23BrClN5O2. The van der Waals surface area contributed by atoms with Gasteiger partial charge in [-0.3, -0.25) is 9.88 Å². The molecule has 2 aliphatic rings. The predicted octanol–water partition coefficient (Wildman–Crippen LogP) is 4.06. The zero-order valence-electron chi connectivity index (χ0n) is 17.9. The molecule has 3 aromatic rings. The van der Waals surface area contributed by atoms with Crippen LogP contribution >= 0.6 is 27.5 Å². The summed E-state index contributed by atoms with van der Waals surface area (Å²) in [6.45, 7) is 2.61. The van der Waals surface area contributed by atoms with E-state index in [0.29, 0.717) is 18.4 Å². The fourth-order valence-electron chi connectivity index (χ4n) is 4.62. The highest BCUT2D eigenvalue weighted by atomic mass is 79.9. The molecule has 0 bridgehead atoms. The second-order valence-electron chi connectivity index (χ2n) is 8.30. The van der Waals surface area contributed by atoms with Gasteiger partial charge >= 0.3 is 6.03 Å². The number of hydrogen-bond acceptors (Lipinski definition) is 4. The molecule has 1 aliphatic heterocycles. The molecule has 1 atom stereocenters. The smallest absolute Gasteiger partial charge is 0.344 e. The van der Waals surface area contributed by atoms with Crippen LogP contribution in [0.3, 0.4) is 0 Å². The number of benzene rings is 1. The van der Waals surface area contributed by atoms with Gasteiger partial charge in [-0.05, 0) is 75.8 Å². The standard InChI is InChI=1S/C24H23BrClN5O2/c25-18-13-17-2-1-16-14-19(26)3-4-21(16)23(22(17)27-15-18)29-9-11-30(12-10-29)24(32)28-20-5-7-31(33)8-6-20/h3-8,13-15,23,33H,1-2,9-12H2. The maximum Gasteiger partial charge on any atom is 0.344 e. The van der Waals surface area contributed by atoms with E-state index < -0.39 is 0 Å². The molecule has 33 heavy (non-hydrogen) atoms. The maximum absolute atomic E-state index is 12.7. The van der Waals surface area contributed by atoms with Crippen LogP contribution in [0, 0.1) is 0 Å². The molecule has 0 spiro atoms. The van der Waals surface area contributed by atoms with E-state index in [1.807, 2.05) is 12.3 Å². The van der Waals surface area contributed by atoms with Crippen molar-refractivity contribution < 1.29 is 10.0 Å². The lowest BCUT2D eigenvalue weighted by atomic mass is 9.96. The number of halogens is 2. The summed E-state index contributed by atoms with van der Waals surface area (Å²) >= 11 is 9.89. The quantitative estimate of drug-likeness (QED) is 0.484. The van der Waals surface area contributed by atoms with Gasteiger partial charge in [0.1, 0.15) is 0 Å². The van der Waals surface area contributed by atoms with Crippen LogP contribution in [0.1, 0.15) is 28.4 Å². The minimum Gasteiger partial charge on any atom is -0.429 e.